The van der Waals surface area contributed by atoms with Crippen LogP contribution in [0, 0.1) is 13.8 Å². The normalized spacial score (nSPS) is 8.91. The Morgan fingerprint density at radius 2 is 2.00 bits per heavy atom. The molecule has 1 nitrogen and oxygen atoms in total. The molecule has 0 aliphatic rings. The zero-order valence-corrected chi connectivity index (χ0v) is 6.89. The molecule has 1 heteroatoms. The minimum Gasteiger partial charge on any atom is -0.207 e. The zero-order valence-electron chi connectivity index (χ0n) is 6.89. The average molecular weight is 145 g/mol. The molecule has 1 aromatic carbocycles. The van der Waals surface area contributed by atoms with Crippen LogP contribution in [0.4, 0.5) is 5.69 Å². The van der Waals surface area contributed by atoms with Crippen LogP contribution in [0.1, 0.15) is 11.1 Å². The van der Waals surface area contributed by atoms with Crippen molar-refractivity contribution in [2.75, 3.05) is 0 Å². The van der Waals surface area contributed by atoms with Crippen LogP contribution < -0.4 is 0 Å². The molecule has 0 radical (unpaired) electrons. The van der Waals surface area contributed by atoms with Gasteiger partial charge in [0.1, 0.15) is 0 Å². The first kappa shape index (κ1) is 7.77. The van der Waals surface area contributed by atoms with Crippen LogP contribution in [0.2, 0.25) is 0 Å². The molecule has 0 aliphatic carbocycles. The van der Waals surface area contributed by atoms with Gasteiger partial charge in [-0.15, -0.1) is 0 Å². The molecule has 0 saturated heterocycles. The van der Waals surface area contributed by atoms with Gasteiger partial charge in [-0.2, -0.15) is 0 Å². The topological polar surface area (TPSA) is 12.4 Å². The molecule has 1 rings (SSSR count). The van der Waals surface area contributed by atoms with Crippen LogP contribution in [0.5, 0.6) is 0 Å². The Kier molecular flexibility index (Phi) is 2.25. The van der Waals surface area contributed by atoms with Crippen molar-refractivity contribution in [1.29, 1.82) is 0 Å². The summed E-state index contributed by atoms with van der Waals surface area (Å²) in [7, 11) is 0. The fraction of sp³-hybridized carbons (Fsp3) is 0.200. The van der Waals surface area contributed by atoms with E-state index in [0.717, 1.165) is 5.69 Å². The van der Waals surface area contributed by atoms with Crippen molar-refractivity contribution >= 4 is 11.6 Å². The van der Waals surface area contributed by atoms with Gasteiger partial charge in [0.25, 0.3) is 0 Å². The summed E-state index contributed by atoms with van der Waals surface area (Å²) in [5.74, 6) is 2.51. The molecule has 0 heterocycles. The average Bonchev–Trinajstić information content (AvgIpc) is 1.98. The van der Waals surface area contributed by atoms with E-state index in [9.17, 15) is 0 Å². The fourth-order valence-corrected chi connectivity index (χ4v) is 0.886. The Morgan fingerprint density at radius 1 is 1.27 bits per heavy atom. The molecule has 0 saturated carbocycles. The van der Waals surface area contributed by atoms with Crippen LogP contribution in [0.3, 0.4) is 0 Å². The smallest absolute Gasteiger partial charge is 0.0732 e. The second kappa shape index (κ2) is 3.18. The van der Waals surface area contributed by atoms with E-state index in [4.69, 9.17) is 0 Å². The Labute approximate surface area is 67.1 Å². The van der Waals surface area contributed by atoms with Gasteiger partial charge in [0.15, 0.2) is 0 Å². The van der Waals surface area contributed by atoms with Gasteiger partial charge >= 0.3 is 0 Å². The second-order valence-electron chi connectivity index (χ2n) is 2.54. The predicted molar refractivity (Wildman–Crippen MR) is 48.6 cm³/mol. The van der Waals surface area contributed by atoms with Gasteiger partial charge in [-0.25, -0.2) is 4.99 Å². The van der Waals surface area contributed by atoms with Gasteiger partial charge in [0.05, 0.1) is 5.69 Å². The molecular weight excluding hydrogens is 134 g/mol. The van der Waals surface area contributed by atoms with E-state index in [-0.39, 0.29) is 0 Å². The molecule has 56 valence electrons. The number of hydrogen-bond donors (Lipinski definition) is 0. The first-order valence-electron chi connectivity index (χ1n) is 3.54. The molecule has 0 spiro atoms. The van der Waals surface area contributed by atoms with Gasteiger partial charge in [0.2, 0.25) is 0 Å². The largest absolute Gasteiger partial charge is 0.207 e. The Morgan fingerprint density at radius 3 is 2.55 bits per heavy atom. The molecule has 0 N–H and O–H groups in total. The molecular formula is C10H11N. The summed E-state index contributed by atoms with van der Waals surface area (Å²) in [4.78, 5) is 3.95. The highest BCUT2D eigenvalue weighted by atomic mass is 14.7. The summed E-state index contributed by atoms with van der Waals surface area (Å²) >= 11 is 0. The molecule has 0 aliphatic heterocycles. The van der Waals surface area contributed by atoms with Crippen molar-refractivity contribution in [3.05, 3.63) is 35.9 Å². The van der Waals surface area contributed by atoms with Crippen LogP contribution in [-0.2, 0) is 0 Å². The van der Waals surface area contributed by atoms with E-state index < -0.39 is 0 Å². The Hall–Kier alpha value is -1.33. The van der Waals surface area contributed by atoms with Crippen molar-refractivity contribution in [2.45, 2.75) is 13.8 Å². The number of benzene rings is 1. The summed E-state index contributed by atoms with van der Waals surface area (Å²) in [6.07, 6.45) is 0. The number of aryl methyl sites for hydroxylation is 2. The number of hydrogen-bond acceptors (Lipinski definition) is 1. The van der Waals surface area contributed by atoms with Gasteiger partial charge in [-0.3, -0.25) is 0 Å². The lowest BCUT2D eigenvalue weighted by atomic mass is 10.1. The van der Waals surface area contributed by atoms with Crippen LogP contribution in [-0.4, -0.2) is 5.87 Å². The van der Waals surface area contributed by atoms with E-state index in [2.05, 4.69) is 31.3 Å². The Bertz CT molecular complexity index is 307. The van der Waals surface area contributed by atoms with Crippen molar-refractivity contribution in [1.82, 2.24) is 0 Å². The summed E-state index contributed by atoms with van der Waals surface area (Å²) in [6.45, 7) is 7.56. The van der Waals surface area contributed by atoms with E-state index in [1.807, 2.05) is 18.2 Å². The number of rotatable bonds is 1. The molecule has 1 aromatic rings. The molecule has 0 aromatic heterocycles. The Balaban J connectivity index is 3.14. The third-order valence-electron chi connectivity index (χ3n) is 1.70. The van der Waals surface area contributed by atoms with E-state index in [0.29, 0.717) is 0 Å². The fourth-order valence-electron chi connectivity index (χ4n) is 0.886. The van der Waals surface area contributed by atoms with Gasteiger partial charge < -0.3 is 0 Å². The highest BCUT2D eigenvalue weighted by Gasteiger charge is 1.92. The molecule has 0 unspecified atom stereocenters. The quantitative estimate of drug-likeness (QED) is 0.539. The minimum absolute atomic E-state index is 0.920. The SMILES string of the molecule is C=C=Nc1ccc(C)c(C)c1. The third-order valence-corrected chi connectivity index (χ3v) is 1.70. The zero-order chi connectivity index (χ0) is 8.27. The lowest BCUT2D eigenvalue weighted by Crippen LogP contribution is -1.77. The van der Waals surface area contributed by atoms with E-state index >= 15 is 0 Å². The van der Waals surface area contributed by atoms with Crippen molar-refractivity contribution in [3.63, 3.8) is 0 Å². The standard InChI is InChI=1S/C10H11N/c1-4-11-10-6-5-8(2)9(3)7-10/h5-7H,1H2,2-3H3. The lowest BCUT2D eigenvalue weighted by Gasteiger charge is -1.98. The minimum atomic E-state index is 0.920. The van der Waals surface area contributed by atoms with Gasteiger partial charge in [0, 0.05) is 0 Å². The maximum Gasteiger partial charge on any atom is 0.0732 e. The molecule has 0 amide bonds. The summed E-state index contributed by atoms with van der Waals surface area (Å²) in [5, 5.41) is 0. The van der Waals surface area contributed by atoms with Crippen molar-refractivity contribution in [2.24, 2.45) is 4.99 Å². The van der Waals surface area contributed by atoms with Crippen LogP contribution in [0.25, 0.3) is 0 Å². The van der Waals surface area contributed by atoms with E-state index in [1.165, 1.54) is 11.1 Å². The summed E-state index contributed by atoms with van der Waals surface area (Å²) < 4.78 is 0. The van der Waals surface area contributed by atoms with E-state index in [1.54, 1.807) is 0 Å². The van der Waals surface area contributed by atoms with Gasteiger partial charge in [-0.05, 0) is 49.6 Å². The number of nitrogens with zero attached hydrogens (tertiary/aromatic N) is 1. The summed E-state index contributed by atoms with van der Waals surface area (Å²) in [5.41, 5.74) is 3.46. The maximum absolute atomic E-state index is 3.95. The molecule has 11 heavy (non-hydrogen) atoms. The van der Waals surface area contributed by atoms with Crippen LogP contribution in [0.15, 0.2) is 29.8 Å². The van der Waals surface area contributed by atoms with Gasteiger partial charge in [-0.1, -0.05) is 6.07 Å². The highest BCUT2D eigenvalue weighted by molar-refractivity contribution is 5.56. The lowest BCUT2D eigenvalue weighted by molar-refractivity contribution is 1.33. The first-order chi connectivity index (χ1) is 5.24. The van der Waals surface area contributed by atoms with Crippen molar-refractivity contribution in [3.8, 4) is 0 Å². The number of aliphatic imine (C=N–C) groups is 1. The van der Waals surface area contributed by atoms with Crippen LogP contribution >= 0.6 is 0 Å². The highest BCUT2D eigenvalue weighted by Crippen LogP contribution is 2.15. The predicted octanol–water partition coefficient (Wildman–Crippen LogP) is 2.79. The molecule has 0 fully saturated rings. The van der Waals surface area contributed by atoms with Crippen molar-refractivity contribution < 1.29 is 0 Å². The molecule has 0 atom stereocenters. The molecule has 0 bridgehead atoms. The maximum atomic E-state index is 3.95. The second-order valence-corrected chi connectivity index (χ2v) is 2.54. The summed E-state index contributed by atoms with van der Waals surface area (Å²) in [6, 6.07) is 6.03. The monoisotopic (exact) mass is 145 g/mol. The third kappa shape index (κ3) is 1.79. The first-order valence-corrected chi connectivity index (χ1v) is 3.54.